The van der Waals surface area contributed by atoms with Crippen molar-refractivity contribution in [2.75, 3.05) is 0 Å². The molecule has 0 amide bonds. The van der Waals surface area contributed by atoms with E-state index >= 15 is 0 Å². The van der Waals surface area contributed by atoms with Crippen LogP contribution in [0.3, 0.4) is 0 Å². The predicted molar refractivity (Wildman–Crippen MR) is 84.0 cm³/mol. The van der Waals surface area contributed by atoms with Gasteiger partial charge in [0.25, 0.3) is 5.69 Å². The summed E-state index contributed by atoms with van der Waals surface area (Å²) in [4.78, 5) is 14.2. The van der Waals surface area contributed by atoms with Gasteiger partial charge >= 0.3 is 6.18 Å². The highest BCUT2D eigenvalue weighted by Gasteiger charge is 2.31. The van der Waals surface area contributed by atoms with Gasteiger partial charge in [-0.15, -0.1) is 0 Å². The molecule has 25 heavy (non-hydrogen) atoms. The number of aryl methyl sites for hydroxylation is 1. The first-order valence-corrected chi connectivity index (χ1v) is 7.63. The summed E-state index contributed by atoms with van der Waals surface area (Å²) in [6.45, 7) is 1.68. The van der Waals surface area contributed by atoms with Crippen molar-refractivity contribution in [2.45, 2.75) is 31.9 Å². The highest BCUT2D eigenvalue weighted by Crippen LogP contribution is 2.33. The number of nitro benzene ring substituents is 1. The molecule has 0 aliphatic heterocycles. The van der Waals surface area contributed by atoms with Crippen molar-refractivity contribution in [3.8, 4) is 0 Å². The molecule has 1 aromatic heterocycles. The van der Waals surface area contributed by atoms with E-state index in [0.717, 1.165) is 24.3 Å². The Kier molecular flexibility index (Phi) is 5.62. The van der Waals surface area contributed by atoms with E-state index in [0.29, 0.717) is 5.56 Å². The Hall–Kier alpha value is -2.22. The van der Waals surface area contributed by atoms with Gasteiger partial charge in [0.05, 0.1) is 16.6 Å². The van der Waals surface area contributed by atoms with Crippen LogP contribution in [0.4, 0.5) is 23.2 Å². The second-order valence-corrected chi connectivity index (χ2v) is 5.95. The predicted octanol–water partition coefficient (Wildman–Crippen LogP) is 5.54. The largest absolute Gasteiger partial charge is 0.416 e. The lowest BCUT2D eigenvalue weighted by Gasteiger charge is -2.13. The number of benzene rings is 1. The van der Waals surface area contributed by atoms with Crippen molar-refractivity contribution < 1.29 is 22.5 Å². The van der Waals surface area contributed by atoms with Crippen LogP contribution in [0.1, 0.15) is 36.1 Å². The molecule has 1 aromatic carbocycles. The van der Waals surface area contributed by atoms with E-state index in [1.54, 1.807) is 6.92 Å². The second kappa shape index (κ2) is 7.35. The molecule has 0 N–H and O–H groups in total. The van der Waals surface area contributed by atoms with Gasteiger partial charge in [-0.05, 0) is 43.0 Å². The van der Waals surface area contributed by atoms with E-state index in [1.807, 2.05) is 0 Å². The summed E-state index contributed by atoms with van der Waals surface area (Å²) in [5.74, 6) is -1.11. The average molecular weight is 377 g/mol. The summed E-state index contributed by atoms with van der Waals surface area (Å²) in [6.07, 6.45) is -4.11. The number of rotatable bonds is 5. The van der Waals surface area contributed by atoms with Gasteiger partial charge < -0.3 is 0 Å². The Morgan fingerprint density at radius 2 is 1.96 bits per heavy atom. The van der Waals surface area contributed by atoms with Gasteiger partial charge in [-0.25, -0.2) is 9.37 Å². The maximum atomic E-state index is 13.2. The van der Waals surface area contributed by atoms with E-state index in [1.165, 1.54) is 6.07 Å². The zero-order valence-corrected chi connectivity index (χ0v) is 13.7. The molecule has 2 rings (SSSR count). The fourth-order valence-electron chi connectivity index (χ4n) is 2.45. The van der Waals surface area contributed by atoms with E-state index in [-0.39, 0.29) is 35.3 Å². The minimum atomic E-state index is -4.54. The van der Waals surface area contributed by atoms with Gasteiger partial charge in [0.1, 0.15) is 11.0 Å². The second-order valence-electron chi connectivity index (χ2n) is 5.57. The van der Waals surface area contributed by atoms with E-state index in [2.05, 4.69) is 4.98 Å². The molecule has 1 atom stereocenters. The zero-order valence-electron chi connectivity index (χ0n) is 13.0. The lowest BCUT2D eigenvalue weighted by Crippen LogP contribution is -2.08. The van der Waals surface area contributed by atoms with Gasteiger partial charge in [-0.3, -0.25) is 10.1 Å². The van der Waals surface area contributed by atoms with Crippen LogP contribution in [-0.4, -0.2) is 9.91 Å². The first-order chi connectivity index (χ1) is 11.6. The molecule has 2 aromatic rings. The average Bonchev–Trinajstić information content (AvgIpc) is 2.51. The van der Waals surface area contributed by atoms with Crippen LogP contribution in [-0.2, 0) is 12.6 Å². The van der Waals surface area contributed by atoms with Crippen molar-refractivity contribution in [1.29, 1.82) is 0 Å². The minimum absolute atomic E-state index is 0.136. The molecule has 0 aliphatic carbocycles. The maximum Gasteiger partial charge on any atom is 0.416 e. The molecule has 0 fully saturated rings. The van der Waals surface area contributed by atoms with Gasteiger partial charge in [0.15, 0.2) is 0 Å². The lowest BCUT2D eigenvalue weighted by molar-refractivity contribution is -0.385. The monoisotopic (exact) mass is 376 g/mol. The summed E-state index contributed by atoms with van der Waals surface area (Å²) in [6, 6.07) is 4.88. The van der Waals surface area contributed by atoms with Crippen LogP contribution in [0, 0.1) is 15.9 Å². The molecular formula is C16H13ClF4N2O2. The van der Waals surface area contributed by atoms with Crippen LogP contribution < -0.4 is 0 Å². The van der Waals surface area contributed by atoms with Gasteiger partial charge in [0, 0.05) is 11.3 Å². The van der Waals surface area contributed by atoms with E-state index in [4.69, 9.17) is 11.6 Å². The molecule has 1 heterocycles. The molecule has 0 bridgehead atoms. The smallest absolute Gasteiger partial charge is 0.258 e. The third-order valence-corrected chi connectivity index (χ3v) is 3.92. The fourth-order valence-corrected chi connectivity index (χ4v) is 2.68. The van der Waals surface area contributed by atoms with Crippen molar-refractivity contribution >= 4 is 17.3 Å². The number of nitro groups is 1. The lowest BCUT2D eigenvalue weighted by atomic mass is 9.93. The number of alkyl halides is 3. The molecule has 0 radical (unpaired) electrons. The first-order valence-electron chi connectivity index (χ1n) is 7.25. The summed E-state index contributed by atoms with van der Waals surface area (Å²) in [7, 11) is 0. The van der Waals surface area contributed by atoms with Crippen LogP contribution in [0.15, 0.2) is 30.3 Å². The molecule has 1 unspecified atom stereocenters. The van der Waals surface area contributed by atoms with Crippen LogP contribution in [0.2, 0.25) is 5.15 Å². The van der Waals surface area contributed by atoms with Crippen molar-refractivity contribution in [2.24, 2.45) is 0 Å². The molecule has 0 saturated heterocycles. The van der Waals surface area contributed by atoms with Crippen molar-refractivity contribution in [1.82, 2.24) is 4.98 Å². The highest BCUT2D eigenvalue weighted by molar-refractivity contribution is 6.29. The summed E-state index contributed by atoms with van der Waals surface area (Å²) in [5.41, 5.74) is -0.814. The Balaban J connectivity index is 2.20. The number of hydrogen-bond donors (Lipinski definition) is 0. The van der Waals surface area contributed by atoms with Gasteiger partial charge in [-0.1, -0.05) is 18.5 Å². The molecule has 0 spiro atoms. The maximum absolute atomic E-state index is 13.2. The number of pyridine rings is 1. The molecule has 9 heteroatoms. The van der Waals surface area contributed by atoms with Crippen molar-refractivity contribution in [3.05, 3.63) is 68.2 Å². The van der Waals surface area contributed by atoms with E-state index < -0.39 is 22.5 Å². The molecular weight excluding hydrogens is 364 g/mol. The molecule has 4 nitrogen and oxygen atoms in total. The quantitative estimate of drug-likeness (QED) is 0.298. The van der Waals surface area contributed by atoms with Gasteiger partial charge in [0.2, 0.25) is 0 Å². The third-order valence-electron chi connectivity index (χ3n) is 3.73. The van der Waals surface area contributed by atoms with Crippen LogP contribution in [0.25, 0.3) is 0 Å². The SMILES string of the molecule is CC(CCc1cc(C(F)(F)F)cc(Cl)n1)c1ccc(F)cc1[N+](=O)[O-]. The minimum Gasteiger partial charge on any atom is -0.258 e. The third kappa shape index (κ3) is 4.88. The fraction of sp³-hybridized carbons (Fsp3) is 0.312. The Morgan fingerprint density at radius 3 is 2.56 bits per heavy atom. The molecule has 0 saturated carbocycles. The van der Waals surface area contributed by atoms with E-state index in [9.17, 15) is 27.7 Å². The molecule has 0 aliphatic rings. The number of aromatic nitrogens is 1. The standard InChI is InChI=1S/C16H13ClF4N2O2/c1-9(13-5-3-11(18)8-14(13)23(24)25)2-4-12-6-10(16(19,20)21)7-15(17)22-12/h3,5-9H,2,4H2,1H3. The van der Waals surface area contributed by atoms with Crippen LogP contribution >= 0.6 is 11.6 Å². The number of halogens is 5. The Labute approximate surface area is 145 Å². The number of nitrogens with zero attached hydrogens (tertiary/aromatic N) is 2. The summed E-state index contributed by atoms with van der Waals surface area (Å²) in [5, 5.41) is 10.8. The molecule has 134 valence electrons. The summed E-state index contributed by atoms with van der Waals surface area (Å²) >= 11 is 5.63. The first kappa shape index (κ1) is 19.1. The number of hydrogen-bond acceptors (Lipinski definition) is 3. The Morgan fingerprint density at radius 1 is 1.28 bits per heavy atom. The Bertz CT molecular complexity index is 796. The van der Waals surface area contributed by atoms with Crippen LogP contribution in [0.5, 0.6) is 0 Å². The summed E-state index contributed by atoms with van der Waals surface area (Å²) < 4.78 is 51.6. The highest BCUT2D eigenvalue weighted by atomic mass is 35.5. The zero-order chi connectivity index (χ0) is 18.8. The normalized spacial score (nSPS) is 12.9. The van der Waals surface area contributed by atoms with Gasteiger partial charge in [-0.2, -0.15) is 13.2 Å². The van der Waals surface area contributed by atoms with Crippen molar-refractivity contribution in [3.63, 3.8) is 0 Å². The topological polar surface area (TPSA) is 56.0 Å².